The minimum atomic E-state index is -3.69. The Labute approximate surface area is 181 Å². The molecule has 1 fully saturated rings. The molecule has 3 rings (SSSR count). The van der Waals surface area contributed by atoms with E-state index in [4.69, 9.17) is 9.47 Å². The smallest absolute Gasteiger partial charge is 0.253 e. The van der Waals surface area contributed by atoms with Crippen molar-refractivity contribution in [1.82, 2.24) is 10.0 Å². The number of anilines is 1. The number of ether oxygens (including phenoxy) is 2. The van der Waals surface area contributed by atoms with Crippen molar-refractivity contribution in [3.8, 4) is 5.75 Å². The SMILES string of the molecule is COc1ccc(S(=O)(=O)NCCNC(=O)c2cccc(NC(=O)C3CCCO3)c2)cc1. The fraction of sp³-hybridized carbons (Fsp3) is 0.333. The topological polar surface area (TPSA) is 123 Å². The summed E-state index contributed by atoms with van der Waals surface area (Å²) < 4.78 is 37.4. The van der Waals surface area contributed by atoms with Crippen LogP contribution < -0.4 is 20.1 Å². The highest BCUT2D eigenvalue weighted by molar-refractivity contribution is 7.89. The molecule has 2 amide bonds. The van der Waals surface area contributed by atoms with Crippen molar-refractivity contribution in [2.75, 3.05) is 32.1 Å². The lowest BCUT2D eigenvalue weighted by Crippen LogP contribution is -2.34. The minimum absolute atomic E-state index is 0.0234. The molecule has 9 nitrogen and oxygen atoms in total. The lowest BCUT2D eigenvalue weighted by molar-refractivity contribution is -0.124. The van der Waals surface area contributed by atoms with Crippen LogP contribution in [-0.4, -0.2) is 53.1 Å². The van der Waals surface area contributed by atoms with E-state index >= 15 is 0 Å². The Bertz CT molecular complexity index is 1020. The lowest BCUT2D eigenvalue weighted by atomic mass is 10.1. The first-order valence-corrected chi connectivity index (χ1v) is 11.3. The van der Waals surface area contributed by atoms with E-state index in [0.717, 1.165) is 6.42 Å². The zero-order valence-corrected chi connectivity index (χ0v) is 17.9. The number of sulfonamides is 1. The average molecular weight is 448 g/mol. The molecule has 1 aliphatic rings. The van der Waals surface area contributed by atoms with Crippen molar-refractivity contribution in [3.63, 3.8) is 0 Å². The normalized spacial score (nSPS) is 16.0. The molecule has 0 spiro atoms. The van der Waals surface area contributed by atoms with E-state index in [0.29, 0.717) is 30.0 Å². The molecule has 1 saturated heterocycles. The third kappa shape index (κ3) is 6.27. The van der Waals surface area contributed by atoms with Gasteiger partial charge in [0.05, 0.1) is 12.0 Å². The summed E-state index contributed by atoms with van der Waals surface area (Å²) in [5.74, 6) is -0.0553. The van der Waals surface area contributed by atoms with Gasteiger partial charge in [-0.1, -0.05) is 6.07 Å². The molecule has 0 aliphatic carbocycles. The van der Waals surface area contributed by atoms with Gasteiger partial charge in [-0.3, -0.25) is 9.59 Å². The number of hydrogen-bond acceptors (Lipinski definition) is 6. The summed E-state index contributed by atoms with van der Waals surface area (Å²) in [5, 5.41) is 5.40. The molecule has 1 aliphatic heterocycles. The second kappa shape index (κ2) is 10.4. The third-order valence-electron chi connectivity index (χ3n) is 4.69. The van der Waals surface area contributed by atoms with Crippen molar-refractivity contribution in [2.45, 2.75) is 23.8 Å². The van der Waals surface area contributed by atoms with Gasteiger partial charge in [0.2, 0.25) is 10.0 Å². The predicted octanol–water partition coefficient (Wildman–Crippen LogP) is 1.52. The van der Waals surface area contributed by atoms with Crippen molar-refractivity contribution in [3.05, 3.63) is 54.1 Å². The summed E-state index contributed by atoms with van der Waals surface area (Å²) in [5.41, 5.74) is 0.844. The molecule has 10 heteroatoms. The van der Waals surface area contributed by atoms with Gasteiger partial charge in [-0.25, -0.2) is 13.1 Å². The molecule has 0 radical (unpaired) electrons. The first-order chi connectivity index (χ1) is 14.9. The third-order valence-corrected chi connectivity index (χ3v) is 6.16. The van der Waals surface area contributed by atoms with E-state index in [2.05, 4.69) is 15.4 Å². The molecule has 2 aromatic rings. The highest BCUT2D eigenvalue weighted by Gasteiger charge is 2.23. The molecule has 166 valence electrons. The second-order valence-corrected chi connectivity index (χ2v) is 8.67. The predicted molar refractivity (Wildman–Crippen MR) is 115 cm³/mol. The van der Waals surface area contributed by atoms with Crippen LogP contribution in [0.25, 0.3) is 0 Å². The summed E-state index contributed by atoms with van der Waals surface area (Å²) in [4.78, 5) is 24.6. The van der Waals surface area contributed by atoms with E-state index < -0.39 is 16.1 Å². The van der Waals surface area contributed by atoms with Crippen LogP contribution in [0.5, 0.6) is 5.75 Å². The number of nitrogens with one attached hydrogen (secondary N) is 3. The number of hydrogen-bond donors (Lipinski definition) is 3. The zero-order chi connectivity index (χ0) is 22.3. The molecule has 31 heavy (non-hydrogen) atoms. The van der Waals surface area contributed by atoms with Gasteiger partial charge in [0, 0.05) is 30.9 Å². The molecule has 1 heterocycles. The summed E-state index contributed by atoms with van der Waals surface area (Å²) in [6, 6.07) is 12.5. The molecule has 3 N–H and O–H groups in total. The van der Waals surface area contributed by atoms with E-state index in [1.165, 1.54) is 19.2 Å². The maximum atomic E-state index is 12.4. The number of rotatable bonds is 9. The van der Waals surface area contributed by atoms with Crippen LogP contribution >= 0.6 is 0 Å². The monoisotopic (exact) mass is 447 g/mol. The van der Waals surface area contributed by atoms with Crippen molar-refractivity contribution >= 4 is 27.5 Å². The van der Waals surface area contributed by atoms with E-state index in [1.807, 2.05) is 0 Å². The highest BCUT2D eigenvalue weighted by atomic mass is 32.2. The number of benzene rings is 2. The molecular weight excluding hydrogens is 422 g/mol. The molecule has 1 atom stereocenters. The van der Waals surface area contributed by atoms with Gasteiger partial charge in [0.15, 0.2) is 0 Å². The Hall–Kier alpha value is -2.95. The van der Waals surface area contributed by atoms with Crippen LogP contribution in [0.1, 0.15) is 23.2 Å². The quantitative estimate of drug-likeness (QED) is 0.501. The zero-order valence-electron chi connectivity index (χ0n) is 17.1. The van der Waals surface area contributed by atoms with Crippen molar-refractivity contribution in [1.29, 1.82) is 0 Å². The van der Waals surface area contributed by atoms with Crippen LogP contribution in [0, 0.1) is 0 Å². The Morgan fingerprint density at radius 2 is 1.90 bits per heavy atom. The number of methoxy groups -OCH3 is 1. The maximum absolute atomic E-state index is 12.4. The average Bonchev–Trinajstić information content (AvgIpc) is 3.32. The van der Waals surface area contributed by atoms with E-state index in [1.54, 1.807) is 36.4 Å². The first kappa shape index (κ1) is 22.7. The molecule has 2 aromatic carbocycles. The number of carbonyl (C=O) groups is 2. The standard InChI is InChI=1S/C21H25N3O6S/c1-29-17-7-9-18(10-8-17)31(27,28)23-12-11-22-20(25)15-4-2-5-16(14-15)24-21(26)19-6-3-13-30-19/h2,4-5,7-10,14,19,23H,3,6,11-13H2,1H3,(H,22,25)(H,24,26). The van der Waals surface area contributed by atoms with Gasteiger partial charge in [0.25, 0.3) is 11.8 Å². The fourth-order valence-corrected chi connectivity index (χ4v) is 4.08. The summed E-state index contributed by atoms with van der Waals surface area (Å²) in [6.07, 6.45) is 1.07. The first-order valence-electron chi connectivity index (χ1n) is 9.83. The Kier molecular flexibility index (Phi) is 7.61. The van der Waals surface area contributed by atoms with Gasteiger partial charge in [-0.2, -0.15) is 0 Å². The van der Waals surface area contributed by atoms with Crippen LogP contribution in [-0.2, 0) is 19.6 Å². The molecule has 0 saturated carbocycles. The van der Waals surface area contributed by atoms with Crippen LogP contribution in [0.3, 0.4) is 0 Å². The maximum Gasteiger partial charge on any atom is 0.253 e. The lowest BCUT2D eigenvalue weighted by Gasteiger charge is -2.12. The van der Waals surface area contributed by atoms with Crippen molar-refractivity contribution in [2.24, 2.45) is 0 Å². The molecule has 0 aromatic heterocycles. The Morgan fingerprint density at radius 3 is 2.58 bits per heavy atom. The highest BCUT2D eigenvalue weighted by Crippen LogP contribution is 2.17. The van der Waals surface area contributed by atoms with Gasteiger partial charge in [0.1, 0.15) is 11.9 Å². The van der Waals surface area contributed by atoms with Gasteiger partial charge >= 0.3 is 0 Å². The molecule has 0 bridgehead atoms. The summed E-state index contributed by atoms with van der Waals surface area (Å²) in [7, 11) is -2.19. The summed E-state index contributed by atoms with van der Waals surface area (Å²) in [6.45, 7) is 0.693. The molecular formula is C21H25N3O6S. The van der Waals surface area contributed by atoms with E-state index in [9.17, 15) is 18.0 Å². The largest absolute Gasteiger partial charge is 0.497 e. The molecule has 1 unspecified atom stereocenters. The van der Waals surface area contributed by atoms with E-state index in [-0.39, 0.29) is 29.8 Å². The van der Waals surface area contributed by atoms with Gasteiger partial charge < -0.3 is 20.1 Å². The number of amides is 2. The van der Waals surface area contributed by atoms with Crippen molar-refractivity contribution < 1.29 is 27.5 Å². The van der Waals surface area contributed by atoms with Crippen LogP contribution in [0.2, 0.25) is 0 Å². The van der Waals surface area contributed by atoms with Crippen LogP contribution in [0.4, 0.5) is 5.69 Å². The fourth-order valence-electron chi connectivity index (χ4n) is 3.05. The Balaban J connectivity index is 1.48. The minimum Gasteiger partial charge on any atom is -0.497 e. The summed E-state index contributed by atoms with van der Waals surface area (Å²) >= 11 is 0. The van der Waals surface area contributed by atoms with Gasteiger partial charge in [-0.15, -0.1) is 0 Å². The van der Waals surface area contributed by atoms with Crippen LogP contribution in [0.15, 0.2) is 53.4 Å². The number of carbonyl (C=O) groups excluding carboxylic acids is 2. The second-order valence-electron chi connectivity index (χ2n) is 6.90. The van der Waals surface area contributed by atoms with Gasteiger partial charge in [-0.05, 0) is 55.3 Å². The Morgan fingerprint density at radius 1 is 1.13 bits per heavy atom.